The minimum Gasteiger partial charge on any atom is -0.384 e. The van der Waals surface area contributed by atoms with E-state index in [4.69, 9.17) is 4.74 Å². The molecular formula is C20H28NO2+. The average molecular weight is 314 g/mol. The number of nitrogens with one attached hydrogen (secondary N) is 1. The molecule has 2 fully saturated rings. The lowest BCUT2D eigenvalue weighted by atomic mass is 9.78. The highest BCUT2D eigenvalue weighted by atomic mass is 16.5. The molecule has 0 spiro atoms. The highest BCUT2D eigenvalue weighted by Gasteiger charge is 2.39. The lowest BCUT2D eigenvalue weighted by molar-refractivity contribution is -0.900. The van der Waals surface area contributed by atoms with Gasteiger partial charge in [0.25, 0.3) is 0 Å². The van der Waals surface area contributed by atoms with Crippen molar-refractivity contribution in [2.75, 3.05) is 32.8 Å². The van der Waals surface area contributed by atoms with E-state index in [2.05, 4.69) is 11.8 Å². The summed E-state index contributed by atoms with van der Waals surface area (Å²) < 4.78 is 5.38. The van der Waals surface area contributed by atoms with Crippen LogP contribution >= 0.6 is 0 Å². The second kappa shape index (κ2) is 7.97. The van der Waals surface area contributed by atoms with Gasteiger partial charge in [-0.1, -0.05) is 49.1 Å². The van der Waals surface area contributed by atoms with E-state index in [1.807, 2.05) is 30.3 Å². The highest BCUT2D eigenvalue weighted by Crippen LogP contribution is 2.42. The fraction of sp³-hybridized carbons (Fsp3) is 0.600. The Morgan fingerprint density at radius 1 is 1.09 bits per heavy atom. The van der Waals surface area contributed by atoms with Crippen LogP contribution in [0.1, 0.15) is 37.7 Å². The third kappa shape index (κ3) is 4.14. The number of hydrogen-bond donors (Lipinski definition) is 2. The maximum atomic E-state index is 11.4. The van der Waals surface area contributed by atoms with Crippen molar-refractivity contribution in [1.82, 2.24) is 0 Å². The predicted octanol–water partition coefficient (Wildman–Crippen LogP) is 1.37. The molecule has 1 atom stereocenters. The summed E-state index contributed by atoms with van der Waals surface area (Å²) in [4.78, 5) is 1.49. The summed E-state index contributed by atoms with van der Waals surface area (Å²) in [5.74, 6) is 6.93. The van der Waals surface area contributed by atoms with Gasteiger partial charge < -0.3 is 14.7 Å². The first-order valence-corrected chi connectivity index (χ1v) is 8.94. The minimum absolute atomic E-state index is 0.343. The number of benzene rings is 1. The molecule has 2 aliphatic rings. The van der Waals surface area contributed by atoms with E-state index in [0.29, 0.717) is 12.3 Å². The molecule has 1 aliphatic carbocycles. The number of rotatable bonds is 4. The molecule has 124 valence electrons. The van der Waals surface area contributed by atoms with Gasteiger partial charge in [-0.25, -0.2) is 0 Å². The van der Waals surface area contributed by atoms with Crippen molar-refractivity contribution >= 4 is 0 Å². The Balaban J connectivity index is 1.67. The van der Waals surface area contributed by atoms with Gasteiger partial charge in [0.1, 0.15) is 25.2 Å². The summed E-state index contributed by atoms with van der Waals surface area (Å²) in [6, 6.07) is 10.1. The van der Waals surface area contributed by atoms with Crippen LogP contribution in [0.5, 0.6) is 0 Å². The highest BCUT2D eigenvalue weighted by molar-refractivity contribution is 5.26. The van der Waals surface area contributed by atoms with Crippen molar-refractivity contribution < 1.29 is 14.7 Å². The van der Waals surface area contributed by atoms with Gasteiger partial charge in [-0.3, -0.25) is 0 Å². The van der Waals surface area contributed by atoms with Crippen molar-refractivity contribution in [3.63, 3.8) is 0 Å². The van der Waals surface area contributed by atoms with Gasteiger partial charge in [0.05, 0.1) is 13.2 Å². The maximum absolute atomic E-state index is 11.4. The Bertz CT molecular complexity index is 536. The lowest BCUT2D eigenvalue weighted by Gasteiger charge is -2.33. The molecule has 1 saturated heterocycles. The smallest absolute Gasteiger partial charge is 0.139 e. The third-order valence-corrected chi connectivity index (χ3v) is 5.33. The van der Waals surface area contributed by atoms with Crippen LogP contribution in [0.3, 0.4) is 0 Å². The zero-order chi connectivity index (χ0) is 16.0. The molecule has 0 radical (unpaired) electrons. The van der Waals surface area contributed by atoms with E-state index in [0.717, 1.165) is 51.3 Å². The van der Waals surface area contributed by atoms with Gasteiger partial charge in [0, 0.05) is 6.42 Å². The SMILES string of the molecule is O[C@@](CC#CC[NH+]1CCOCC1)(c1ccccc1)C1CCCC1. The largest absolute Gasteiger partial charge is 0.384 e. The molecule has 3 nitrogen and oxygen atoms in total. The summed E-state index contributed by atoms with van der Waals surface area (Å²) in [6.07, 6.45) is 5.23. The molecule has 0 amide bonds. The zero-order valence-electron chi connectivity index (χ0n) is 13.9. The average Bonchev–Trinajstić information content (AvgIpc) is 3.15. The van der Waals surface area contributed by atoms with Crippen LogP contribution in [0.25, 0.3) is 0 Å². The van der Waals surface area contributed by atoms with Gasteiger partial charge in [0.2, 0.25) is 0 Å². The van der Waals surface area contributed by atoms with Gasteiger partial charge in [0.15, 0.2) is 0 Å². The number of morpholine rings is 1. The molecule has 3 rings (SSSR count). The number of hydrogen-bond acceptors (Lipinski definition) is 2. The standard InChI is InChI=1S/C20H27NO2/c22-20(19-10-4-5-11-19,18-8-2-1-3-9-18)12-6-7-13-21-14-16-23-17-15-21/h1-3,8-9,19,22H,4-5,10-17H2/p+1/t20-/m0/s1. The van der Waals surface area contributed by atoms with Crippen molar-refractivity contribution in [2.24, 2.45) is 5.92 Å². The molecule has 1 heterocycles. The summed E-state index contributed by atoms with van der Waals surface area (Å²) in [7, 11) is 0. The molecule has 1 saturated carbocycles. The number of ether oxygens (including phenoxy) is 1. The first kappa shape index (κ1) is 16.5. The Morgan fingerprint density at radius 2 is 1.78 bits per heavy atom. The first-order chi connectivity index (χ1) is 11.3. The van der Waals surface area contributed by atoms with Crippen LogP contribution in [0.4, 0.5) is 0 Å². The number of quaternary nitrogens is 1. The van der Waals surface area contributed by atoms with Crippen LogP contribution < -0.4 is 4.90 Å². The maximum Gasteiger partial charge on any atom is 0.139 e. The molecule has 0 unspecified atom stereocenters. The summed E-state index contributed by atoms with van der Waals surface area (Å²) in [5, 5.41) is 11.4. The summed E-state index contributed by atoms with van der Waals surface area (Å²) in [5.41, 5.74) is 0.241. The van der Waals surface area contributed by atoms with Crippen LogP contribution in [0, 0.1) is 17.8 Å². The number of aliphatic hydroxyl groups is 1. The van der Waals surface area contributed by atoms with Crippen LogP contribution in [-0.2, 0) is 10.3 Å². The van der Waals surface area contributed by atoms with E-state index >= 15 is 0 Å². The Morgan fingerprint density at radius 3 is 2.48 bits per heavy atom. The minimum atomic E-state index is -0.787. The monoisotopic (exact) mass is 314 g/mol. The second-order valence-electron chi connectivity index (χ2n) is 6.84. The molecule has 2 N–H and O–H groups in total. The topological polar surface area (TPSA) is 33.9 Å². The molecule has 3 heteroatoms. The fourth-order valence-corrected chi connectivity index (χ4v) is 3.83. The Labute approximate surface area is 139 Å². The van der Waals surface area contributed by atoms with Crippen LogP contribution in [-0.4, -0.2) is 38.0 Å². The second-order valence-corrected chi connectivity index (χ2v) is 6.84. The molecule has 23 heavy (non-hydrogen) atoms. The van der Waals surface area contributed by atoms with Crippen molar-refractivity contribution in [3.05, 3.63) is 35.9 Å². The van der Waals surface area contributed by atoms with E-state index in [1.54, 1.807) is 0 Å². The van der Waals surface area contributed by atoms with Crippen molar-refractivity contribution in [1.29, 1.82) is 0 Å². The van der Waals surface area contributed by atoms with E-state index < -0.39 is 5.60 Å². The zero-order valence-corrected chi connectivity index (χ0v) is 13.9. The van der Waals surface area contributed by atoms with Gasteiger partial charge in [-0.05, 0) is 30.2 Å². The molecule has 1 aliphatic heterocycles. The quantitative estimate of drug-likeness (QED) is 0.823. The van der Waals surface area contributed by atoms with E-state index in [9.17, 15) is 5.11 Å². The third-order valence-electron chi connectivity index (χ3n) is 5.33. The molecule has 1 aromatic carbocycles. The van der Waals surface area contributed by atoms with Crippen molar-refractivity contribution in [3.8, 4) is 11.8 Å². The van der Waals surface area contributed by atoms with Gasteiger partial charge in [-0.2, -0.15) is 0 Å². The Hall–Kier alpha value is -1.34. The van der Waals surface area contributed by atoms with Crippen molar-refractivity contribution in [2.45, 2.75) is 37.7 Å². The molecular weight excluding hydrogens is 286 g/mol. The first-order valence-electron chi connectivity index (χ1n) is 8.94. The summed E-state index contributed by atoms with van der Waals surface area (Å²) >= 11 is 0. The Kier molecular flexibility index (Phi) is 5.72. The predicted molar refractivity (Wildman–Crippen MR) is 91.1 cm³/mol. The van der Waals surface area contributed by atoms with Gasteiger partial charge in [-0.15, -0.1) is 0 Å². The van der Waals surface area contributed by atoms with Crippen LogP contribution in [0.15, 0.2) is 30.3 Å². The normalized spacial score (nSPS) is 22.3. The van der Waals surface area contributed by atoms with E-state index in [-0.39, 0.29) is 0 Å². The molecule has 0 bridgehead atoms. The fourth-order valence-electron chi connectivity index (χ4n) is 3.83. The van der Waals surface area contributed by atoms with Gasteiger partial charge >= 0.3 is 0 Å². The summed E-state index contributed by atoms with van der Waals surface area (Å²) in [6.45, 7) is 4.62. The lowest BCUT2D eigenvalue weighted by Crippen LogP contribution is -3.14. The molecule has 0 aromatic heterocycles. The molecule has 1 aromatic rings. The van der Waals surface area contributed by atoms with E-state index in [1.165, 1.54) is 17.7 Å². The van der Waals surface area contributed by atoms with Crippen LogP contribution in [0.2, 0.25) is 0 Å².